The maximum absolute atomic E-state index is 10.4. The first-order chi connectivity index (χ1) is 25.3. The quantitative estimate of drug-likeness (QED) is 0.0365. The van der Waals surface area contributed by atoms with Gasteiger partial charge in [-0.25, -0.2) is 0 Å². The first-order valence-corrected chi connectivity index (χ1v) is 23.5. The van der Waals surface area contributed by atoms with Crippen LogP contribution in [0.2, 0.25) is 0 Å². The average Bonchev–Trinajstić information content (AvgIpc) is 3.15. The third-order valence-electron chi connectivity index (χ3n) is 8.26. The molecule has 0 spiro atoms. The number of hydrogen-bond acceptors (Lipinski definition) is 4. The Balaban J connectivity index is -0.000000181. The number of rotatable bonds is 29. The fourth-order valence-corrected chi connectivity index (χ4v) is 5.67. The number of hydrogen-bond donors (Lipinski definition) is 2. The van der Waals surface area contributed by atoms with E-state index in [1.165, 1.54) is 185 Å². The van der Waals surface area contributed by atoms with Gasteiger partial charge in [0.15, 0.2) is 0 Å². The van der Waals surface area contributed by atoms with Crippen LogP contribution >= 0.6 is 0 Å². The second-order valence-corrected chi connectivity index (χ2v) is 15.1. The van der Waals surface area contributed by atoms with E-state index in [1.807, 2.05) is 20.3 Å². The molecule has 312 valence electrons. The van der Waals surface area contributed by atoms with Crippen molar-refractivity contribution < 1.29 is 41.8 Å². The van der Waals surface area contributed by atoms with Crippen molar-refractivity contribution in [2.24, 2.45) is 0 Å². The Labute approximate surface area is 339 Å². The SMILES string of the molecule is CCCCCCCCCCCCO.C[CH-]C.O=S(=O)(O)c1ccccc1.[CH2-]CCCCCCCCCCC.[CH2-]CCCCCCCCCCC.[O]=[Ti]. The zero-order valence-corrected chi connectivity index (χ0v) is 37.7. The Morgan fingerprint density at radius 1 is 0.500 bits per heavy atom. The van der Waals surface area contributed by atoms with Crippen LogP contribution in [-0.4, -0.2) is 24.7 Å². The molecule has 7 heteroatoms. The van der Waals surface area contributed by atoms with Gasteiger partial charge in [0.2, 0.25) is 0 Å². The molecule has 0 fully saturated rings. The maximum atomic E-state index is 10.4. The van der Waals surface area contributed by atoms with Crippen molar-refractivity contribution in [3.63, 3.8) is 0 Å². The Hall–Kier alpha value is -0.396. The van der Waals surface area contributed by atoms with Crippen molar-refractivity contribution in [1.29, 1.82) is 0 Å². The summed E-state index contributed by atoms with van der Waals surface area (Å²) in [5.41, 5.74) is 0. The molecule has 1 rings (SSSR count). The van der Waals surface area contributed by atoms with Crippen LogP contribution in [0, 0.1) is 20.3 Å². The van der Waals surface area contributed by atoms with Gasteiger partial charge in [-0.05, 0) is 18.6 Å². The number of aliphatic hydroxyl groups is 1. The van der Waals surface area contributed by atoms with Crippen LogP contribution in [0.25, 0.3) is 0 Å². The molecule has 0 amide bonds. The van der Waals surface area contributed by atoms with E-state index < -0.39 is 10.1 Å². The van der Waals surface area contributed by atoms with E-state index in [1.54, 1.807) is 18.2 Å². The summed E-state index contributed by atoms with van der Waals surface area (Å²) < 4.78 is 37.5. The molecule has 1 aromatic carbocycles. The zero-order chi connectivity index (χ0) is 40.2. The van der Waals surface area contributed by atoms with Crippen LogP contribution < -0.4 is 0 Å². The molecular weight excluding hydrogens is 700 g/mol. The van der Waals surface area contributed by atoms with Crippen LogP contribution in [0.5, 0.6) is 0 Å². The van der Waals surface area contributed by atoms with Gasteiger partial charge in [0.1, 0.15) is 0 Å². The van der Waals surface area contributed by atoms with E-state index in [9.17, 15) is 8.42 Å². The minimum absolute atomic E-state index is 0.0741. The number of benzene rings is 1. The van der Waals surface area contributed by atoms with Gasteiger partial charge in [0, 0.05) is 6.61 Å². The molecule has 2 N–H and O–H groups in total. The molecule has 0 aliphatic heterocycles. The molecule has 1 aromatic rings. The molecular formula is C45H89O5STi-3. The van der Waals surface area contributed by atoms with Crippen molar-refractivity contribution in [1.82, 2.24) is 0 Å². The van der Waals surface area contributed by atoms with E-state index in [0.717, 1.165) is 39.7 Å². The van der Waals surface area contributed by atoms with Gasteiger partial charge < -0.3 is 25.4 Å². The van der Waals surface area contributed by atoms with E-state index in [-0.39, 0.29) is 4.90 Å². The van der Waals surface area contributed by atoms with Crippen molar-refractivity contribution in [3.05, 3.63) is 50.6 Å². The Bertz CT molecular complexity index is 742. The van der Waals surface area contributed by atoms with Crippen LogP contribution in [0.15, 0.2) is 35.2 Å². The summed E-state index contributed by atoms with van der Waals surface area (Å²) in [6.45, 7) is 18.9. The summed E-state index contributed by atoms with van der Waals surface area (Å²) in [7, 11) is -4.00. The molecule has 0 unspecified atom stereocenters. The first-order valence-electron chi connectivity index (χ1n) is 21.4. The van der Waals surface area contributed by atoms with Crippen LogP contribution in [-0.2, 0) is 33.8 Å². The molecule has 0 saturated heterocycles. The Morgan fingerprint density at radius 3 is 0.923 bits per heavy atom. The summed E-state index contributed by atoms with van der Waals surface area (Å²) in [5.74, 6) is 0. The van der Waals surface area contributed by atoms with Crippen LogP contribution in [0.3, 0.4) is 0 Å². The molecule has 0 atom stereocenters. The first kappa shape index (κ1) is 60.8. The van der Waals surface area contributed by atoms with Gasteiger partial charge >= 0.3 is 23.7 Å². The fraction of sp³-hybridized carbons (Fsp3) is 0.800. The predicted octanol–water partition coefficient (Wildman–Crippen LogP) is 15.4. The molecule has 5 nitrogen and oxygen atoms in total. The average molecular weight is 790 g/mol. The molecule has 0 heterocycles. The second-order valence-electron chi connectivity index (χ2n) is 13.6. The fourth-order valence-electron chi connectivity index (χ4n) is 5.17. The molecule has 52 heavy (non-hydrogen) atoms. The van der Waals surface area contributed by atoms with Crippen LogP contribution in [0.4, 0.5) is 0 Å². The molecule has 0 aromatic heterocycles. The molecule has 0 aliphatic carbocycles. The van der Waals surface area contributed by atoms with E-state index in [0.29, 0.717) is 6.61 Å². The predicted molar refractivity (Wildman–Crippen MR) is 226 cm³/mol. The summed E-state index contributed by atoms with van der Waals surface area (Å²) in [4.78, 5) is -0.0741. The van der Waals surface area contributed by atoms with Gasteiger partial charge in [-0.2, -0.15) is 35.1 Å². The summed E-state index contributed by atoms with van der Waals surface area (Å²) >= 11 is 0.750. The number of unbranched alkanes of at least 4 members (excludes halogenated alkanes) is 27. The van der Waals surface area contributed by atoms with Crippen molar-refractivity contribution in [3.8, 4) is 0 Å². The Morgan fingerprint density at radius 2 is 0.731 bits per heavy atom. The van der Waals surface area contributed by atoms with E-state index in [2.05, 4.69) is 34.6 Å². The third-order valence-corrected chi connectivity index (χ3v) is 9.13. The van der Waals surface area contributed by atoms with Gasteiger partial charge in [-0.15, -0.1) is 0 Å². The number of aliphatic hydroxyl groups excluding tert-OH is 1. The van der Waals surface area contributed by atoms with Crippen molar-refractivity contribution in [2.45, 2.75) is 232 Å². The molecule has 0 radical (unpaired) electrons. The van der Waals surface area contributed by atoms with Gasteiger partial charge in [0.25, 0.3) is 10.1 Å². The molecule has 0 bridgehead atoms. The van der Waals surface area contributed by atoms with E-state index >= 15 is 0 Å². The van der Waals surface area contributed by atoms with Crippen LogP contribution in [0.1, 0.15) is 227 Å². The molecule has 0 saturated carbocycles. The van der Waals surface area contributed by atoms with Gasteiger partial charge in [0.05, 0.1) is 4.90 Å². The summed E-state index contributed by atoms with van der Waals surface area (Å²) in [6, 6.07) is 7.42. The van der Waals surface area contributed by atoms with Gasteiger partial charge in [-0.3, -0.25) is 4.55 Å². The topological polar surface area (TPSA) is 91.7 Å². The summed E-state index contributed by atoms with van der Waals surface area (Å²) in [5, 5.41) is 8.57. The van der Waals surface area contributed by atoms with Gasteiger partial charge in [-0.1, -0.05) is 212 Å². The third kappa shape index (κ3) is 67.7. The summed E-state index contributed by atoms with van der Waals surface area (Å²) in [6.07, 6.45) is 43.1. The zero-order valence-electron chi connectivity index (χ0n) is 35.3. The second kappa shape index (κ2) is 59.9. The normalized spacial score (nSPS) is 10.1. The monoisotopic (exact) mass is 790 g/mol. The van der Waals surface area contributed by atoms with E-state index in [4.69, 9.17) is 13.0 Å². The standard InChI is InChI=1S/C12H26O.2C12H25.C6H6O3S.C3H7.O.Ti/c1-2-3-4-5-6-7-8-9-10-11-12-13;2*1-3-5-7-9-11-12-10-8-6-4-2;7-10(8,9)6-4-2-1-3-5-6;1-3-2;;/h13H,2-12H2,1H3;2*1,3-12H2,2H3;1-5H,(H,7,8,9);3H,1-2H3;;/q;2*-1;;-1;;. The molecule has 0 aliphatic rings. The minimum atomic E-state index is -4.00. The van der Waals surface area contributed by atoms with Crippen molar-refractivity contribution >= 4 is 10.1 Å². The van der Waals surface area contributed by atoms with Crippen molar-refractivity contribution in [2.75, 3.05) is 6.61 Å². The Kier molecular flexibility index (Phi) is 70.1.